The van der Waals surface area contributed by atoms with Crippen LogP contribution in [0.2, 0.25) is 0 Å². The Morgan fingerprint density at radius 1 is 1.22 bits per heavy atom. The van der Waals surface area contributed by atoms with E-state index in [2.05, 4.69) is 0 Å². The van der Waals surface area contributed by atoms with Gasteiger partial charge in [0.05, 0.1) is 0 Å². The minimum Gasteiger partial charge on any atom is -0.480 e. The van der Waals surface area contributed by atoms with Crippen LogP contribution in [0.1, 0.15) is 12.0 Å². The number of aryl methyl sites for hydroxylation is 1. The van der Waals surface area contributed by atoms with E-state index in [1.165, 1.54) is 0 Å². The van der Waals surface area contributed by atoms with Crippen LogP contribution in [0.3, 0.4) is 0 Å². The first kappa shape index (κ1) is 14.1. The zero-order valence-electron chi connectivity index (χ0n) is 9.61. The summed E-state index contributed by atoms with van der Waals surface area (Å²) in [5, 5.41) is 27.5. The molecular weight excluding hydrogens is 238 g/mol. The van der Waals surface area contributed by atoms with Crippen molar-refractivity contribution < 1.29 is 24.9 Å². The maximum absolute atomic E-state index is 11.0. The van der Waals surface area contributed by atoms with Crippen molar-refractivity contribution in [3.63, 3.8) is 0 Å². The quantitative estimate of drug-likeness (QED) is 0.559. The molecule has 0 unspecified atom stereocenters. The molecule has 0 aliphatic carbocycles. The zero-order valence-corrected chi connectivity index (χ0v) is 9.61. The number of hydrogen-bond donors (Lipinski definition) is 4. The summed E-state index contributed by atoms with van der Waals surface area (Å²) >= 11 is 0. The molecule has 5 N–H and O–H groups in total. The molecular formula is C12H15NO5. The molecule has 0 saturated carbocycles. The predicted molar refractivity (Wildman–Crippen MR) is 63.0 cm³/mol. The number of benzene rings is 1. The van der Waals surface area contributed by atoms with Gasteiger partial charge in [0.25, 0.3) is 0 Å². The molecule has 0 spiro atoms. The fourth-order valence-electron chi connectivity index (χ4n) is 1.58. The van der Waals surface area contributed by atoms with Gasteiger partial charge < -0.3 is 21.1 Å². The minimum absolute atomic E-state index is 0.227. The van der Waals surface area contributed by atoms with Crippen molar-refractivity contribution in [2.24, 2.45) is 5.73 Å². The summed E-state index contributed by atoms with van der Waals surface area (Å²) in [4.78, 5) is 21.7. The van der Waals surface area contributed by atoms with Crippen molar-refractivity contribution in [2.45, 2.75) is 24.5 Å². The third-order valence-electron chi connectivity index (χ3n) is 2.79. The van der Waals surface area contributed by atoms with E-state index in [1.54, 1.807) is 30.3 Å². The molecule has 0 amide bonds. The van der Waals surface area contributed by atoms with E-state index < -0.39 is 23.6 Å². The second kappa shape index (κ2) is 5.61. The van der Waals surface area contributed by atoms with Gasteiger partial charge in [-0.2, -0.15) is 0 Å². The number of carboxylic acid groups (broad SMARTS) is 2. The van der Waals surface area contributed by atoms with Crippen molar-refractivity contribution in [1.29, 1.82) is 0 Å². The lowest BCUT2D eigenvalue weighted by atomic mass is 9.88. The van der Waals surface area contributed by atoms with Gasteiger partial charge in [-0.25, -0.2) is 4.79 Å². The van der Waals surface area contributed by atoms with E-state index >= 15 is 0 Å². The van der Waals surface area contributed by atoms with Gasteiger partial charge in [-0.3, -0.25) is 4.79 Å². The van der Waals surface area contributed by atoms with Gasteiger partial charge in [0.15, 0.2) is 5.60 Å². The van der Waals surface area contributed by atoms with Gasteiger partial charge in [-0.05, 0) is 18.4 Å². The fourth-order valence-corrected chi connectivity index (χ4v) is 1.58. The van der Waals surface area contributed by atoms with Crippen LogP contribution in [-0.2, 0) is 16.0 Å². The average Bonchev–Trinajstić information content (AvgIpc) is 2.35. The number of nitrogens with two attached hydrogens (primary N) is 1. The first-order chi connectivity index (χ1) is 8.38. The van der Waals surface area contributed by atoms with Crippen molar-refractivity contribution in [3.05, 3.63) is 35.9 Å². The van der Waals surface area contributed by atoms with Crippen LogP contribution in [0, 0.1) is 0 Å². The molecule has 1 aromatic carbocycles. The van der Waals surface area contributed by atoms with Gasteiger partial charge in [0.2, 0.25) is 0 Å². The van der Waals surface area contributed by atoms with E-state index in [0.29, 0.717) is 0 Å². The topological polar surface area (TPSA) is 121 Å². The Morgan fingerprint density at radius 3 is 2.22 bits per heavy atom. The summed E-state index contributed by atoms with van der Waals surface area (Å²) in [6.07, 6.45) is -0.0373. The van der Waals surface area contributed by atoms with Crippen LogP contribution in [0.4, 0.5) is 0 Å². The predicted octanol–water partition coefficient (Wildman–Crippen LogP) is -0.153. The summed E-state index contributed by atoms with van der Waals surface area (Å²) in [6.45, 7) is 0. The summed E-state index contributed by atoms with van der Waals surface area (Å²) < 4.78 is 0. The van der Waals surface area contributed by atoms with Gasteiger partial charge >= 0.3 is 11.9 Å². The Bertz CT molecular complexity index is 433. The molecule has 1 rings (SSSR count). The highest BCUT2D eigenvalue weighted by molar-refractivity contribution is 5.87. The summed E-state index contributed by atoms with van der Waals surface area (Å²) in [6, 6.07) is 7.00. The van der Waals surface area contributed by atoms with Gasteiger partial charge in [-0.1, -0.05) is 30.3 Å². The van der Waals surface area contributed by atoms with Crippen LogP contribution in [-0.4, -0.2) is 38.9 Å². The minimum atomic E-state index is -2.47. The molecule has 1 aromatic rings. The first-order valence-electron chi connectivity index (χ1n) is 5.36. The Morgan fingerprint density at radius 2 is 1.78 bits per heavy atom. The second-order valence-corrected chi connectivity index (χ2v) is 4.03. The Balaban J connectivity index is 2.81. The molecule has 98 valence electrons. The highest BCUT2D eigenvalue weighted by atomic mass is 16.4. The molecule has 0 saturated heterocycles. The van der Waals surface area contributed by atoms with E-state index in [4.69, 9.17) is 15.9 Å². The van der Waals surface area contributed by atoms with E-state index in [-0.39, 0.29) is 12.8 Å². The largest absolute Gasteiger partial charge is 0.480 e. The zero-order chi connectivity index (χ0) is 13.8. The lowest BCUT2D eigenvalue weighted by molar-refractivity contribution is -0.168. The highest BCUT2D eigenvalue weighted by Crippen LogP contribution is 2.18. The standard InChI is InChI=1S/C12H15NO5/c13-9(10(14)15)12(18,11(16)17)7-6-8-4-2-1-3-5-8/h1-5,9,18H,6-7,13H2,(H,14,15)(H,16,17)/t9-,12+/m1/s1. The maximum atomic E-state index is 11.0. The molecule has 18 heavy (non-hydrogen) atoms. The molecule has 6 heteroatoms. The van der Waals surface area contributed by atoms with Crippen molar-refractivity contribution in [3.8, 4) is 0 Å². The fraction of sp³-hybridized carbons (Fsp3) is 0.333. The molecule has 0 aliphatic heterocycles. The van der Waals surface area contributed by atoms with Crippen molar-refractivity contribution >= 4 is 11.9 Å². The summed E-state index contributed by atoms with van der Waals surface area (Å²) in [7, 11) is 0. The third-order valence-corrected chi connectivity index (χ3v) is 2.79. The molecule has 0 heterocycles. The van der Waals surface area contributed by atoms with E-state index in [1.807, 2.05) is 0 Å². The SMILES string of the molecule is N[C@H](C(=O)O)[C@@](O)(CCc1ccccc1)C(=O)O. The molecule has 0 aromatic heterocycles. The van der Waals surface area contributed by atoms with Crippen LogP contribution in [0.25, 0.3) is 0 Å². The van der Waals surface area contributed by atoms with Crippen molar-refractivity contribution in [2.75, 3.05) is 0 Å². The van der Waals surface area contributed by atoms with E-state index in [0.717, 1.165) is 5.56 Å². The number of aliphatic carboxylic acids is 2. The second-order valence-electron chi connectivity index (χ2n) is 4.03. The lowest BCUT2D eigenvalue weighted by Crippen LogP contribution is -2.58. The van der Waals surface area contributed by atoms with Crippen LogP contribution < -0.4 is 5.73 Å². The molecule has 0 fully saturated rings. The molecule has 0 bridgehead atoms. The molecule has 6 nitrogen and oxygen atoms in total. The molecule has 0 radical (unpaired) electrons. The maximum Gasteiger partial charge on any atom is 0.337 e. The summed E-state index contributed by atoms with van der Waals surface area (Å²) in [5.41, 5.74) is 3.56. The van der Waals surface area contributed by atoms with Crippen LogP contribution in [0.15, 0.2) is 30.3 Å². The molecule has 0 aliphatic rings. The number of aliphatic hydroxyl groups is 1. The first-order valence-corrected chi connectivity index (χ1v) is 5.36. The Hall–Kier alpha value is -1.92. The van der Waals surface area contributed by atoms with Gasteiger partial charge in [0.1, 0.15) is 6.04 Å². The van der Waals surface area contributed by atoms with Gasteiger partial charge in [-0.15, -0.1) is 0 Å². The highest BCUT2D eigenvalue weighted by Gasteiger charge is 2.45. The van der Waals surface area contributed by atoms with Gasteiger partial charge in [0, 0.05) is 0 Å². The Kier molecular flexibility index (Phi) is 4.41. The number of carboxylic acids is 2. The van der Waals surface area contributed by atoms with Crippen molar-refractivity contribution in [1.82, 2.24) is 0 Å². The summed E-state index contributed by atoms with van der Waals surface area (Å²) in [5.74, 6) is -3.18. The average molecular weight is 253 g/mol. The van der Waals surface area contributed by atoms with Crippen LogP contribution in [0.5, 0.6) is 0 Å². The normalized spacial score (nSPS) is 15.7. The number of hydrogen-bond acceptors (Lipinski definition) is 4. The Labute approximate surface area is 104 Å². The van der Waals surface area contributed by atoms with E-state index in [9.17, 15) is 14.7 Å². The number of carbonyl (C=O) groups is 2. The lowest BCUT2D eigenvalue weighted by Gasteiger charge is -2.26. The number of rotatable bonds is 6. The third kappa shape index (κ3) is 3.06. The monoisotopic (exact) mass is 253 g/mol. The van der Waals surface area contributed by atoms with Crippen LogP contribution >= 0.6 is 0 Å². The smallest absolute Gasteiger partial charge is 0.337 e. The molecule has 2 atom stereocenters.